The van der Waals surface area contributed by atoms with Crippen LogP contribution >= 0.6 is 11.3 Å². The lowest BCUT2D eigenvalue weighted by Crippen LogP contribution is -2.41. The van der Waals surface area contributed by atoms with Crippen LogP contribution in [0, 0.1) is 0 Å². The number of thiophene rings is 1. The summed E-state index contributed by atoms with van der Waals surface area (Å²) in [5, 5.41) is 1.89. The Kier molecular flexibility index (Phi) is 4.24. The molecule has 1 aliphatic rings. The first-order chi connectivity index (χ1) is 8.63. The molecule has 0 aromatic carbocycles. The first-order valence-electron chi connectivity index (χ1n) is 6.27. The van der Waals surface area contributed by atoms with Crippen LogP contribution in [0.1, 0.15) is 35.4 Å². The van der Waals surface area contributed by atoms with E-state index in [9.17, 15) is 4.79 Å². The summed E-state index contributed by atoms with van der Waals surface area (Å²) in [6.45, 7) is 0. The van der Waals surface area contributed by atoms with Gasteiger partial charge in [-0.15, -0.1) is 11.3 Å². The zero-order valence-corrected chi connectivity index (χ0v) is 11.7. The van der Waals surface area contributed by atoms with Crippen LogP contribution in [-0.2, 0) is 0 Å². The maximum atomic E-state index is 12.4. The molecule has 4 nitrogen and oxygen atoms in total. The fraction of sp³-hybridized carbons (Fsp3) is 0.615. The normalized spacial score (nSPS) is 23.7. The highest BCUT2D eigenvalue weighted by Gasteiger charge is 2.27. The van der Waals surface area contributed by atoms with E-state index in [1.807, 2.05) is 23.4 Å². The van der Waals surface area contributed by atoms with Crippen LogP contribution in [0.4, 0.5) is 0 Å². The zero-order valence-electron chi connectivity index (χ0n) is 10.9. The Hall–Kier alpha value is -1.07. The molecule has 100 valence electrons. The Morgan fingerprint density at radius 2 is 2.11 bits per heavy atom. The van der Waals surface area contributed by atoms with E-state index in [1.54, 1.807) is 7.11 Å². The molecule has 0 saturated heterocycles. The van der Waals surface area contributed by atoms with Gasteiger partial charge in [0.05, 0.1) is 7.11 Å². The summed E-state index contributed by atoms with van der Waals surface area (Å²) in [5.74, 6) is 0.728. The molecule has 18 heavy (non-hydrogen) atoms. The maximum absolute atomic E-state index is 12.4. The number of carbonyl (C=O) groups is 1. The van der Waals surface area contributed by atoms with E-state index >= 15 is 0 Å². The summed E-state index contributed by atoms with van der Waals surface area (Å²) < 4.78 is 5.20. The molecule has 0 atom stereocenters. The van der Waals surface area contributed by atoms with Crippen molar-refractivity contribution in [3.8, 4) is 5.75 Å². The predicted molar refractivity (Wildman–Crippen MR) is 73.2 cm³/mol. The van der Waals surface area contributed by atoms with Gasteiger partial charge >= 0.3 is 0 Å². The molecule has 5 heteroatoms. The van der Waals surface area contributed by atoms with Crippen molar-refractivity contribution in [2.24, 2.45) is 5.73 Å². The summed E-state index contributed by atoms with van der Waals surface area (Å²) in [6, 6.07) is 2.45. The van der Waals surface area contributed by atoms with Crippen molar-refractivity contribution >= 4 is 17.2 Å². The van der Waals surface area contributed by atoms with Gasteiger partial charge in [-0.05, 0) is 37.1 Å². The fourth-order valence-corrected chi connectivity index (χ4v) is 3.27. The summed E-state index contributed by atoms with van der Waals surface area (Å²) >= 11 is 1.43. The van der Waals surface area contributed by atoms with Gasteiger partial charge in [0.1, 0.15) is 10.6 Å². The van der Waals surface area contributed by atoms with Gasteiger partial charge in [-0.3, -0.25) is 4.79 Å². The molecule has 1 aromatic rings. The number of methoxy groups -OCH3 is 1. The first-order valence-corrected chi connectivity index (χ1v) is 7.15. The average Bonchev–Trinajstić information content (AvgIpc) is 2.86. The summed E-state index contributed by atoms with van der Waals surface area (Å²) in [4.78, 5) is 14.9. The maximum Gasteiger partial charge on any atom is 0.267 e. The minimum Gasteiger partial charge on any atom is -0.495 e. The van der Waals surface area contributed by atoms with Gasteiger partial charge in [-0.25, -0.2) is 0 Å². The Bertz CT molecular complexity index is 411. The number of hydrogen-bond donors (Lipinski definition) is 1. The third-order valence-corrected chi connectivity index (χ3v) is 4.54. The van der Waals surface area contributed by atoms with Gasteiger partial charge in [-0.1, -0.05) is 0 Å². The van der Waals surface area contributed by atoms with E-state index in [-0.39, 0.29) is 5.91 Å². The molecule has 2 rings (SSSR count). The molecule has 1 aliphatic carbocycles. The van der Waals surface area contributed by atoms with E-state index in [4.69, 9.17) is 10.5 Å². The lowest BCUT2D eigenvalue weighted by Gasteiger charge is -2.33. The predicted octanol–water partition coefficient (Wildman–Crippen LogP) is 2.10. The second-order valence-electron chi connectivity index (χ2n) is 4.80. The van der Waals surface area contributed by atoms with Crippen LogP contribution in [0.3, 0.4) is 0 Å². The van der Waals surface area contributed by atoms with Crippen LogP contribution in [0.5, 0.6) is 5.75 Å². The van der Waals surface area contributed by atoms with Gasteiger partial charge in [0.2, 0.25) is 0 Å². The highest BCUT2D eigenvalue weighted by Crippen LogP contribution is 2.28. The number of nitrogens with two attached hydrogens (primary N) is 1. The largest absolute Gasteiger partial charge is 0.495 e. The minimum atomic E-state index is 0.0577. The van der Waals surface area contributed by atoms with Crippen LogP contribution in [-0.4, -0.2) is 37.0 Å². The molecule has 0 aliphatic heterocycles. The molecular weight excluding hydrogens is 248 g/mol. The Morgan fingerprint density at radius 1 is 1.44 bits per heavy atom. The molecule has 1 amide bonds. The van der Waals surface area contributed by atoms with E-state index in [0.29, 0.717) is 22.7 Å². The summed E-state index contributed by atoms with van der Waals surface area (Å²) in [7, 11) is 3.47. The second-order valence-corrected chi connectivity index (χ2v) is 5.72. The van der Waals surface area contributed by atoms with E-state index < -0.39 is 0 Å². The first kappa shape index (κ1) is 13.4. The highest BCUT2D eigenvalue weighted by molar-refractivity contribution is 7.12. The van der Waals surface area contributed by atoms with E-state index in [2.05, 4.69) is 0 Å². The second kappa shape index (κ2) is 5.71. The van der Waals surface area contributed by atoms with Crippen LogP contribution in [0.25, 0.3) is 0 Å². The Morgan fingerprint density at radius 3 is 2.72 bits per heavy atom. The molecule has 0 spiro atoms. The summed E-state index contributed by atoms with van der Waals surface area (Å²) in [5.41, 5.74) is 5.89. The standard InChI is InChI=1S/C13H20N2O2S/c1-15(10-5-3-9(14)4-6-10)13(16)12-11(17-2)7-8-18-12/h7-10H,3-6,14H2,1-2H3. The average molecular weight is 268 g/mol. The lowest BCUT2D eigenvalue weighted by atomic mass is 9.91. The van der Waals surface area contributed by atoms with Gasteiger partial charge < -0.3 is 15.4 Å². The van der Waals surface area contributed by atoms with Crippen LogP contribution < -0.4 is 10.5 Å². The van der Waals surface area contributed by atoms with E-state index in [1.165, 1.54) is 11.3 Å². The molecule has 0 bridgehead atoms. The number of carbonyl (C=O) groups excluding carboxylic acids is 1. The number of nitrogens with zero attached hydrogens (tertiary/aromatic N) is 1. The molecule has 0 radical (unpaired) electrons. The third-order valence-electron chi connectivity index (χ3n) is 3.65. The molecule has 1 saturated carbocycles. The fourth-order valence-electron chi connectivity index (χ4n) is 2.43. The van der Waals surface area contributed by atoms with Gasteiger partial charge in [0, 0.05) is 19.1 Å². The number of hydrogen-bond acceptors (Lipinski definition) is 4. The SMILES string of the molecule is COc1ccsc1C(=O)N(C)C1CCC(N)CC1. The summed E-state index contributed by atoms with van der Waals surface area (Å²) in [6.07, 6.45) is 4.00. The van der Waals surface area contributed by atoms with Crippen molar-refractivity contribution < 1.29 is 9.53 Å². The lowest BCUT2D eigenvalue weighted by molar-refractivity contribution is 0.0692. The highest BCUT2D eigenvalue weighted by atomic mass is 32.1. The van der Waals surface area contributed by atoms with E-state index in [0.717, 1.165) is 25.7 Å². The topological polar surface area (TPSA) is 55.6 Å². The zero-order chi connectivity index (χ0) is 13.1. The number of rotatable bonds is 3. The van der Waals surface area contributed by atoms with Crippen molar-refractivity contribution in [2.45, 2.75) is 37.8 Å². The van der Waals surface area contributed by atoms with Crippen molar-refractivity contribution in [1.82, 2.24) is 4.90 Å². The Balaban J connectivity index is 2.05. The van der Waals surface area contributed by atoms with Crippen molar-refractivity contribution in [1.29, 1.82) is 0 Å². The monoisotopic (exact) mass is 268 g/mol. The van der Waals surface area contributed by atoms with Gasteiger partial charge in [-0.2, -0.15) is 0 Å². The Labute approximate surface area is 112 Å². The van der Waals surface area contributed by atoms with Crippen LogP contribution in [0.2, 0.25) is 0 Å². The van der Waals surface area contributed by atoms with Crippen molar-refractivity contribution in [2.75, 3.05) is 14.2 Å². The van der Waals surface area contributed by atoms with Gasteiger partial charge in [0.15, 0.2) is 0 Å². The number of ether oxygens (including phenoxy) is 1. The third kappa shape index (κ3) is 2.67. The minimum absolute atomic E-state index is 0.0577. The van der Waals surface area contributed by atoms with Crippen LogP contribution in [0.15, 0.2) is 11.4 Å². The molecule has 1 fully saturated rings. The van der Waals surface area contributed by atoms with Crippen molar-refractivity contribution in [3.05, 3.63) is 16.3 Å². The quantitative estimate of drug-likeness (QED) is 0.913. The molecule has 2 N–H and O–H groups in total. The molecule has 0 unspecified atom stereocenters. The van der Waals surface area contributed by atoms with Gasteiger partial charge in [0.25, 0.3) is 5.91 Å². The smallest absolute Gasteiger partial charge is 0.267 e. The van der Waals surface area contributed by atoms with Crippen molar-refractivity contribution in [3.63, 3.8) is 0 Å². The molecule has 1 heterocycles. The number of amides is 1. The molecular formula is C13H20N2O2S. The molecule has 1 aromatic heterocycles.